The lowest BCUT2D eigenvalue weighted by Gasteiger charge is -2.14. The van der Waals surface area contributed by atoms with Gasteiger partial charge in [0.05, 0.1) is 25.3 Å². The second kappa shape index (κ2) is 9.82. The maximum Gasteiger partial charge on any atom is 0.244 e. The molecule has 0 fully saturated rings. The Hall–Kier alpha value is -2.53. The first-order valence-corrected chi connectivity index (χ1v) is 8.85. The summed E-state index contributed by atoms with van der Waals surface area (Å²) in [6, 6.07) is 12.7. The molecule has 5 nitrogen and oxygen atoms in total. The SMILES string of the molecule is CCOc1cc(/C=N\NC(=O)Cc2ccc(Cl)cc2)ccc1OC(C)C. The molecule has 1 N–H and O–H groups in total. The zero-order valence-electron chi connectivity index (χ0n) is 15.2. The minimum Gasteiger partial charge on any atom is -0.490 e. The van der Waals surface area contributed by atoms with Crippen LogP contribution in [0.2, 0.25) is 5.02 Å². The van der Waals surface area contributed by atoms with Gasteiger partial charge < -0.3 is 9.47 Å². The van der Waals surface area contributed by atoms with Crippen molar-refractivity contribution < 1.29 is 14.3 Å². The molecule has 2 aromatic carbocycles. The van der Waals surface area contributed by atoms with Crippen LogP contribution in [-0.2, 0) is 11.2 Å². The third-order valence-electron chi connectivity index (χ3n) is 3.31. The molecule has 0 aliphatic carbocycles. The van der Waals surface area contributed by atoms with Crippen LogP contribution in [0.5, 0.6) is 11.5 Å². The van der Waals surface area contributed by atoms with Crippen molar-refractivity contribution in [2.75, 3.05) is 6.61 Å². The zero-order valence-corrected chi connectivity index (χ0v) is 15.9. The van der Waals surface area contributed by atoms with Gasteiger partial charge in [-0.2, -0.15) is 5.10 Å². The Balaban J connectivity index is 1.97. The molecule has 0 aromatic heterocycles. The zero-order chi connectivity index (χ0) is 18.9. The first-order valence-electron chi connectivity index (χ1n) is 8.47. The topological polar surface area (TPSA) is 59.9 Å². The van der Waals surface area contributed by atoms with E-state index in [-0.39, 0.29) is 18.4 Å². The third kappa shape index (κ3) is 6.41. The second-order valence-electron chi connectivity index (χ2n) is 5.90. The molecule has 0 saturated heterocycles. The Morgan fingerprint density at radius 2 is 1.92 bits per heavy atom. The van der Waals surface area contributed by atoms with E-state index in [2.05, 4.69) is 10.5 Å². The van der Waals surface area contributed by atoms with Gasteiger partial charge >= 0.3 is 0 Å². The summed E-state index contributed by atoms with van der Waals surface area (Å²) in [6.45, 7) is 6.37. The number of hydrogen-bond acceptors (Lipinski definition) is 4. The number of carbonyl (C=O) groups excluding carboxylic acids is 1. The average molecular weight is 375 g/mol. The molecular weight excluding hydrogens is 352 g/mol. The van der Waals surface area contributed by atoms with Gasteiger partial charge in [-0.3, -0.25) is 4.79 Å². The van der Waals surface area contributed by atoms with E-state index >= 15 is 0 Å². The van der Waals surface area contributed by atoms with Crippen molar-refractivity contribution >= 4 is 23.7 Å². The Morgan fingerprint density at radius 1 is 1.19 bits per heavy atom. The Bertz CT molecular complexity index is 758. The van der Waals surface area contributed by atoms with Gasteiger partial charge in [-0.25, -0.2) is 5.43 Å². The molecule has 0 saturated carbocycles. The number of amides is 1. The first-order chi connectivity index (χ1) is 12.5. The maximum atomic E-state index is 11.9. The molecule has 2 aromatic rings. The molecule has 138 valence electrons. The molecular formula is C20H23ClN2O3. The normalized spacial score (nSPS) is 11.0. The molecule has 6 heteroatoms. The Labute approximate surface area is 159 Å². The van der Waals surface area contributed by atoms with E-state index in [9.17, 15) is 4.79 Å². The van der Waals surface area contributed by atoms with Crippen molar-refractivity contribution in [2.24, 2.45) is 5.10 Å². The smallest absolute Gasteiger partial charge is 0.244 e. The van der Waals surface area contributed by atoms with Gasteiger partial charge in [-0.15, -0.1) is 0 Å². The molecule has 0 radical (unpaired) electrons. The molecule has 0 bridgehead atoms. The molecule has 0 spiro atoms. The summed E-state index contributed by atoms with van der Waals surface area (Å²) >= 11 is 5.83. The summed E-state index contributed by atoms with van der Waals surface area (Å²) in [5, 5.41) is 4.64. The monoisotopic (exact) mass is 374 g/mol. The van der Waals surface area contributed by atoms with Crippen LogP contribution in [0.15, 0.2) is 47.6 Å². The number of nitrogens with zero attached hydrogens (tertiary/aromatic N) is 1. The summed E-state index contributed by atoms with van der Waals surface area (Å²) in [6.07, 6.45) is 1.86. The Kier molecular flexibility index (Phi) is 7.48. The fraction of sp³-hybridized carbons (Fsp3) is 0.300. The maximum absolute atomic E-state index is 11.9. The minimum atomic E-state index is -0.201. The van der Waals surface area contributed by atoms with Crippen LogP contribution in [0.4, 0.5) is 0 Å². The quantitative estimate of drug-likeness (QED) is 0.556. The summed E-state index contributed by atoms with van der Waals surface area (Å²) in [7, 11) is 0. The number of halogens is 1. The van der Waals surface area contributed by atoms with Crippen molar-refractivity contribution in [1.29, 1.82) is 0 Å². The number of nitrogens with one attached hydrogen (secondary N) is 1. The lowest BCUT2D eigenvalue weighted by atomic mass is 10.1. The van der Waals surface area contributed by atoms with Crippen LogP contribution >= 0.6 is 11.6 Å². The highest BCUT2D eigenvalue weighted by Crippen LogP contribution is 2.28. The molecule has 1 amide bonds. The van der Waals surface area contributed by atoms with Gasteiger partial charge in [-0.1, -0.05) is 23.7 Å². The molecule has 0 aliphatic heterocycles. The predicted molar refractivity (Wildman–Crippen MR) is 104 cm³/mol. The van der Waals surface area contributed by atoms with E-state index in [1.165, 1.54) is 0 Å². The van der Waals surface area contributed by atoms with Gasteiger partial charge in [0.1, 0.15) is 0 Å². The van der Waals surface area contributed by atoms with Crippen LogP contribution in [0, 0.1) is 0 Å². The van der Waals surface area contributed by atoms with Crippen molar-refractivity contribution in [1.82, 2.24) is 5.43 Å². The molecule has 26 heavy (non-hydrogen) atoms. The lowest BCUT2D eigenvalue weighted by molar-refractivity contribution is -0.120. The van der Waals surface area contributed by atoms with Crippen molar-refractivity contribution in [3.8, 4) is 11.5 Å². The number of hydrogen-bond donors (Lipinski definition) is 1. The second-order valence-corrected chi connectivity index (χ2v) is 6.34. The van der Waals surface area contributed by atoms with Gasteiger partial charge in [0.15, 0.2) is 11.5 Å². The molecule has 0 heterocycles. The third-order valence-corrected chi connectivity index (χ3v) is 3.56. The highest BCUT2D eigenvalue weighted by molar-refractivity contribution is 6.30. The van der Waals surface area contributed by atoms with Crippen molar-refractivity contribution in [3.05, 3.63) is 58.6 Å². The van der Waals surface area contributed by atoms with Gasteiger partial charge in [0.2, 0.25) is 5.91 Å². The van der Waals surface area contributed by atoms with Gasteiger partial charge in [0, 0.05) is 5.02 Å². The number of benzene rings is 2. The highest BCUT2D eigenvalue weighted by Gasteiger charge is 2.08. The minimum absolute atomic E-state index is 0.0564. The fourth-order valence-corrected chi connectivity index (χ4v) is 2.36. The van der Waals surface area contributed by atoms with E-state index in [0.717, 1.165) is 11.1 Å². The molecule has 0 aliphatic rings. The largest absolute Gasteiger partial charge is 0.490 e. The summed E-state index contributed by atoms with van der Waals surface area (Å²) < 4.78 is 11.3. The lowest BCUT2D eigenvalue weighted by Crippen LogP contribution is -2.19. The van der Waals surface area contributed by atoms with Crippen molar-refractivity contribution in [3.63, 3.8) is 0 Å². The van der Waals surface area contributed by atoms with E-state index in [4.69, 9.17) is 21.1 Å². The average Bonchev–Trinajstić information content (AvgIpc) is 2.59. The van der Waals surface area contributed by atoms with Crippen molar-refractivity contribution in [2.45, 2.75) is 33.3 Å². The standard InChI is InChI=1S/C20H23ClN2O3/c1-4-25-19-11-16(7-10-18(19)26-14(2)3)13-22-23-20(24)12-15-5-8-17(21)9-6-15/h5-11,13-14H,4,12H2,1-3H3,(H,23,24)/b22-13-. The van der Waals surface area contributed by atoms with E-state index in [1.807, 2.05) is 51.1 Å². The van der Waals surface area contributed by atoms with Crippen LogP contribution in [-0.4, -0.2) is 24.8 Å². The first kappa shape index (κ1) is 19.8. The number of hydrazone groups is 1. The van der Waals surface area contributed by atoms with Gasteiger partial charge in [0.25, 0.3) is 0 Å². The van der Waals surface area contributed by atoms with Crippen LogP contribution in [0.25, 0.3) is 0 Å². The van der Waals surface area contributed by atoms with E-state index < -0.39 is 0 Å². The predicted octanol–water partition coefficient (Wildman–Crippen LogP) is 4.22. The summed E-state index contributed by atoms with van der Waals surface area (Å²) in [5.74, 6) is 1.14. The number of ether oxygens (including phenoxy) is 2. The van der Waals surface area contributed by atoms with Crippen LogP contribution in [0.3, 0.4) is 0 Å². The van der Waals surface area contributed by atoms with E-state index in [1.54, 1.807) is 18.3 Å². The van der Waals surface area contributed by atoms with Gasteiger partial charge in [-0.05, 0) is 62.2 Å². The Morgan fingerprint density at radius 3 is 2.58 bits per heavy atom. The number of carbonyl (C=O) groups is 1. The van der Waals surface area contributed by atoms with Crippen LogP contribution < -0.4 is 14.9 Å². The molecule has 0 unspecified atom stereocenters. The van der Waals surface area contributed by atoms with Crippen LogP contribution in [0.1, 0.15) is 31.9 Å². The summed E-state index contributed by atoms with van der Waals surface area (Å²) in [4.78, 5) is 11.9. The fourth-order valence-electron chi connectivity index (χ4n) is 2.23. The van der Waals surface area contributed by atoms with E-state index in [0.29, 0.717) is 23.1 Å². The number of rotatable bonds is 8. The highest BCUT2D eigenvalue weighted by atomic mass is 35.5. The molecule has 2 rings (SSSR count). The summed E-state index contributed by atoms with van der Waals surface area (Å²) in [5.41, 5.74) is 4.19. The molecule has 0 atom stereocenters.